The summed E-state index contributed by atoms with van der Waals surface area (Å²) in [6, 6.07) is 5.48. The van der Waals surface area contributed by atoms with Gasteiger partial charge in [0.05, 0.1) is 22.7 Å². The first kappa shape index (κ1) is 18.5. The van der Waals surface area contributed by atoms with Crippen molar-refractivity contribution < 1.29 is 9.18 Å². The molecule has 0 saturated carbocycles. The first-order valence-electron chi connectivity index (χ1n) is 7.89. The number of hydrogen-bond donors (Lipinski definition) is 2. The number of nitrogens with zero attached hydrogens (tertiary/aromatic N) is 1. The van der Waals surface area contributed by atoms with Gasteiger partial charge in [-0.3, -0.25) is 4.79 Å². The number of rotatable bonds is 4. The van der Waals surface area contributed by atoms with Crippen molar-refractivity contribution in [3.63, 3.8) is 0 Å². The molecule has 0 fully saturated rings. The summed E-state index contributed by atoms with van der Waals surface area (Å²) in [7, 11) is 0. The van der Waals surface area contributed by atoms with E-state index < -0.39 is 6.04 Å². The van der Waals surface area contributed by atoms with Gasteiger partial charge in [0.1, 0.15) is 10.8 Å². The monoisotopic (exact) mass is 349 g/mol. The first-order valence-corrected chi connectivity index (χ1v) is 8.70. The molecule has 0 saturated heterocycles. The molecule has 1 heterocycles. The Balaban J connectivity index is 2.17. The van der Waals surface area contributed by atoms with Gasteiger partial charge in [-0.2, -0.15) is 0 Å². The fourth-order valence-electron chi connectivity index (χ4n) is 2.29. The normalized spacial score (nSPS) is 14.3. The minimum absolute atomic E-state index is 0.175. The highest BCUT2D eigenvalue weighted by atomic mass is 32.1. The molecule has 0 aliphatic heterocycles. The lowest BCUT2D eigenvalue weighted by molar-refractivity contribution is -0.125. The standard InChI is InChI=1S/C18H24FN3OS/c1-10(21-16(23)15(20)18(3,4)5)14-11(2)22-17(24-14)12-6-8-13(19)9-7-12/h6-10,15H,20H2,1-5H3,(H,21,23)/t10?,15-/m1/s1. The Labute approximate surface area is 146 Å². The SMILES string of the molecule is Cc1nc(-c2ccc(F)cc2)sc1C(C)NC(=O)[C@@H](N)C(C)(C)C. The summed E-state index contributed by atoms with van der Waals surface area (Å²) in [5.74, 6) is -0.449. The van der Waals surface area contributed by atoms with Crippen LogP contribution in [0.2, 0.25) is 0 Å². The topological polar surface area (TPSA) is 68.0 Å². The molecule has 1 unspecified atom stereocenters. The molecule has 2 atom stereocenters. The van der Waals surface area contributed by atoms with Gasteiger partial charge in [-0.1, -0.05) is 20.8 Å². The van der Waals surface area contributed by atoms with E-state index in [0.29, 0.717) is 0 Å². The Morgan fingerprint density at radius 2 is 1.88 bits per heavy atom. The Morgan fingerprint density at radius 3 is 2.42 bits per heavy atom. The van der Waals surface area contributed by atoms with E-state index in [9.17, 15) is 9.18 Å². The predicted molar refractivity (Wildman–Crippen MR) is 96.2 cm³/mol. The minimum atomic E-state index is -0.579. The smallest absolute Gasteiger partial charge is 0.237 e. The van der Waals surface area contributed by atoms with Crippen LogP contribution >= 0.6 is 11.3 Å². The van der Waals surface area contributed by atoms with E-state index in [-0.39, 0.29) is 23.2 Å². The molecule has 1 aromatic carbocycles. The summed E-state index contributed by atoms with van der Waals surface area (Å²) in [5.41, 5.74) is 7.43. The van der Waals surface area contributed by atoms with E-state index in [1.165, 1.54) is 23.5 Å². The number of thiazole rings is 1. The Kier molecular flexibility index (Phi) is 5.40. The Bertz CT molecular complexity index is 719. The number of nitrogens with two attached hydrogens (primary N) is 1. The number of aryl methyl sites for hydroxylation is 1. The van der Waals surface area contributed by atoms with Crippen LogP contribution in [0.5, 0.6) is 0 Å². The summed E-state index contributed by atoms with van der Waals surface area (Å²) < 4.78 is 13.1. The van der Waals surface area contributed by atoms with Crippen LogP contribution in [0.1, 0.15) is 44.3 Å². The second kappa shape index (κ2) is 6.99. The second-order valence-corrected chi connectivity index (χ2v) is 8.08. The molecular formula is C18H24FN3OS. The summed E-state index contributed by atoms with van der Waals surface area (Å²) in [4.78, 5) is 17.8. The van der Waals surface area contributed by atoms with Crippen LogP contribution in [0.4, 0.5) is 4.39 Å². The van der Waals surface area contributed by atoms with Gasteiger partial charge >= 0.3 is 0 Å². The maximum absolute atomic E-state index is 13.1. The van der Waals surface area contributed by atoms with Crippen molar-refractivity contribution in [1.29, 1.82) is 0 Å². The molecule has 1 aromatic heterocycles. The van der Waals surface area contributed by atoms with Crippen LogP contribution in [-0.4, -0.2) is 16.9 Å². The summed E-state index contributed by atoms with van der Waals surface area (Å²) in [6.07, 6.45) is 0. The van der Waals surface area contributed by atoms with E-state index in [0.717, 1.165) is 21.1 Å². The fourth-order valence-corrected chi connectivity index (χ4v) is 3.36. The molecule has 6 heteroatoms. The van der Waals surface area contributed by atoms with E-state index in [4.69, 9.17) is 5.73 Å². The maximum atomic E-state index is 13.1. The lowest BCUT2D eigenvalue weighted by Gasteiger charge is -2.27. The number of aromatic nitrogens is 1. The zero-order valence-corrected chi connectivity index (χ0v) is 15.5. The molecule has 0 bridgehead atoms. The van der Waals surface area contributed by atoms with Crippen LogP contribution in [0.3, 0.4) is 0 Å². The van der Waals surface area contributed by atoms with Crippen LogP contribution < -0.4 is 11.1 Å². The zero-order chi connectivity index (χ0) is 18.1. The molecule has 0 aliphatic carbocycles. The van der Waals surface area contributed by atoms with Crippen LogP contribution in [0, 0.1) is 18.2 Å². The van der Waals surface area contributed by atoms with Crippen molar-refractivity contribution in [2.45, 2.75) is 46.7 Å². The quantitative estimate of drug-likeness (QED) is 0.882. The van der Waals surface area contributed by atoms with Crippen molar-refractivity contribution in [3.05, 3.63) is 40.7 Å². The molecule has 0 spiro atoms. The predicted octanol–water partition coefficient (Wildman–Crippen LogP) is 3.81. The molecule has 130 valence electrons. The van der Waals surface area contributed by atoms with E-state index in [1.54, 1.807) is 12.1 Å². The van der Waals surface area contributed by atoms with Crippen LogP contribution in [0.15, 0.2) is 24.3 Å². The number of benzene rings is 1. The lowest BCUT2D eigenvalue weighted by Crippen LogP contribution is -2.49. The average Bonchev–Trinajstić information content (AvgIpc) is 2.88. The number of nitrogens with one attached hydrogen (secondary N) is 1. The first-order chi connectivity index (χ1) is 11.1. The molecule has 0 radical (unpaired) electrons. The second-order valence-electron chi connectivity index (χ2n) is 7.05. The highest BCUT2D eigenvalue weighted by Crippen LogP contribution is 2.32. The van der Waals surface area contributed by atoms with Gasteiger partial charge in [0.2, 0.25) is 5.91 Å². The number of halogens is 1. The highest BCUT2D eigenvalue weighted by Gasteiger charge is 2.29. The largest absolute Gasteiger partial charge is 0.347 e. The van der Waals surface area contributed by atoms with Gasteiger partial charge < -0.3 is 11.1 Å². The van der Waals surface area contributed by atoms with Gasteiger partial charge in [0.15, 0.2) is 0 Å². The summed E-state index contributed by atoms with van der Waals surface area (Å²) >= 11 is 1.50. The summed E-state index contributed by atoms with van der Waals surface area (Å²) in [5, 5.41) is 3.77. The molecule has 4 nitrogen and oxygen atoms in total. The van der Waals surface area contributed by atoms with Crippen molar-refractivity contribution in [3.8, 4) is 10.6 Å². The molecule has 0 aliphatic rings. The third kappa shape index (κ3) is 4.19. The zero-order valence-electron chi connectivity index (χ0n) is 14.7. The lowest BCUT2D eigenvalue weighted by atomic mass is 9.87. The fraction of sp³-hybridized carbons (Fsp3) is 0.444. The van der Waals surface area contributed by atoms with Crippen molar-refractivity contribution >= 4 is 17.2 Å². The minimum Gasteiger partial charge on any atom is -0.347 e. The molecule has 2 aromatic rings. The molecule has 2 rings (SSSR count). The molecule has 1 amide bonds. The van der Waals surface area contributed by atoms with Gasteiger partial charge in [0, 0.05) is 5.56 Å². The van der Waals surface area contributed by atoms with Gasteiger partial charge in [-0.15, -0.1) is 11.3 Å². The van der Waals surface area contributed by atoms with Crippen LogP contribution in [0.25, 0.3) is 10.6 Å². The van der Waals surface area contributed by atoms with E-state index in [1.807, 2.05) is 34.6 Å². The molecule has 24 heavy (non-hydrogen) atoms. The highest BCUT2D eigenvalue weighted by molar-refractivity contribution is 7.15. The van der Waals surface area contributed by atoms with Crippen molar-refractivity contribution in [1.82, 2.24) is 10.3 Å². The Hall–Kier alpha value is -1.79. The maximum Gasteiger partial charge on any atom is 0.237 e. The van der Waals surface area contributed by atoms with E-state index >= 15 is 0 Å². The number of carbonyl (C=O) groups is 1. The molecular weight excluding hydrogens is 325 g/mol. The third-order valence-corrected chi connectivity index (χ3v) is 5.28. The average molecular weight is 349 g/mol. The van der Waals surface area contributed by atoms with Crippen molar-refractivity contribution in [2.24, 2.45) is 11.1 Å². The Morgan fingerprint density at radius 1 is 1.29 bits per heavy atom. The number of hydrogen-bond acceptors (Lipinski definition) is 4. The van der Waals surface area contributed by atoms with Crippen LogP contribution in [-0.2, 0) is 4.79 Å². The summed E-state index contributed by atoms with van der Waals surface area (Å²) in [6.45, 7) is 9.64. The van der Waals surface area contributed by atoms with E-state index in [2.05, 4.69) is 10.3 Å². The number of carbonyl (C=O) groups excluding carboxylic acids is 1. The molecule has 3 N–H and O–H groups in total. The van der Waals surface area contributed by atoms with Gasteiger partial charge in [-0.05, 0) is 43.5 Å². The number of amides is 1. The third-order valence-electron chi connectivity index (χ3n) is 3.89. The van der Waals surface area contributed by atoms with Crippen molar-refractivity contribution in [2.75, 3.05) is 0 Å². The van der Waals surface area contributed by atoms with Gasteiger partial charge in [-0.25, -0.2) is 9.37 Å². The van der Waals surface area contributed by atoms with Gasteiger partial charge in [0.25, 0.3) is 0 Å².